The van der Waals surface area contributed by atoms with Crippen LogP contribution in [0.25, 0.3) is 0 Å². The minimum Gasteiger partial charge on any atom is -0.287 e. The van der Waals surface area contributed by atoms with E-state index in [1.807, 2.05) is 6.07 Å². The standard InChI is InChI=1S/C11H7ClN2O/c12-10-7-6-9(13-14-10)11(15)8-4-2-1-3-5-8/h1-7H. The second-order valence-electron chi connectivity index (χ2n) is 2.94. The molecule has 0 aliphatic rings. The zero-order chi connectivity index (χ0) is 10.7. The predicted molar refractivity (Wildman–Crippen MR) is 56.9 cm³/mol. The molecule has 2 aromatic rings. The van der Waals surface area contributed by atoms with Gasteiger partial charge in [0.05, 0.1) is 0 Å². The number of carbonyl (C=O) groups excluding carboxylic acids is 1. The van der Waals surface area contributed by atoms with Crippen LogP contribution >= 0.6 is 11.6 Å². The van der Waals surface area contributed by atoms with E-state index in [2.05, 4.69) is 10.2 Å². The van der Waals surface area contributed by atoms with Crippen molar-refractivity contribution in [1.82, 2.24) is 10.2 Å². The molecule has 0 atom stereocenters. The fourth-order valence-corrected chi connectivity index (χ4v) is 1.28. The molecule has 74 valence electrons. The van der Waals surface area contributed by atoms with Gasteiger partial charge in [-0.2, -0.15) is 0 Å². The molecule has 0 spiro atoms. The van der Waals surface area contributed by atoms with Crippen LogP contribution in [0.3, 0.4) is 0 Å². The molecule has 0 amide bonds. The van der Waals surface area contributed by atoms with Crippen molar-refractivity contribution >= 4 is 17.4 Å². The first-order valence-corrected chi connectivity index (χ1v) is 4.74. The van der Waals surface area contributed by atoms with Gasteiger partial charge in [0.25, 0.3) is 0 Å². The van der Waals surface area contributed by atoms with Crippen molar-refractivity contribution < 1.29 is 4.79 Å². The monoisotopic (exact) mass is 218 g/mol. The lowest BCUT2D eigenvalue weighted by Gasteiger charge is -1.98. The second kappa shape index (κ2) is 4.19. The molecule has 0 N–H and O–H groups in total. The van der Waals surface area contributed by atoms with Gasteiger partial charge < -0.3 is 0 Å². The van der Waals surface area contributed by atoms with Gasteiger partial charge >= 0.3 is 0 Å². The fourth-order valence-electron chi connectivity index (χ4n) is 1.17. The number of rotatable bonds is 2. The van der Waals surface area contributed by atoms with E-state index in [-0.39, 0.29) is 10.9 Å². The molecule has 1 aromatic carbocycles. The van der Waals surface area contributed by atoms with Gasteiger partial charge in [-0.3, -0.25) is 4.79 Å². The first-order chi connectivity index (χ1) is 7.27. The van der Waals surface area contributed by atoms with Crippen LogP contribution in [0, 0.1) is 0 Å². The molecule has 4 heteroatoms. The van der Waals surface area contributed by atoms with Gasteiger partial charge in [-0.1, -0.05) is 41.9 Å². The Balaban J connectivity index is 2.33. The molecule has 0 saturated heterocycles. The highest BCUT2D eigenvalue weighted by molar-refractivity contribution is 6.29. The molecule has 0 saturated carbocycles. The summed E-state index contributed by atoms with van der Waals surface area (Å²) < 4.78 is 0. The highest BCUT2D eigenvalue weighted by Gasteiger charge is 2.09. The van der Waals surface area contributed by atoms with E-state index in [1.54, 1.807) is 36.4 Å². The maximum absolute atomic E-state index is 11.8. The summed E-state index contributed by atoms with van der Waals surface area (Å²) in [6.07, 6.45) is 0. The zero-order valence-electron chi connectivity index (χ0n) is 7.72. The Kier molecular flexibility index (Phi) is 2.74. The summed E-state index contributed by atoms with van der Waals surface area (Å²) in [4.78, 5) is 11.8. The van der Waals surface area contributed by atoms with Crippen LogP contribution in [-0.4, -0.2) is 16.0 Å². The number of aromatic nitrogens is 2. The fraction of sp³-hybridized carbons (Fsp3) is 0. The number of hydrogen-bond acceptors (Lipinski definition) is 3. The van der Waals surface area contributed by atoms with Crippen LogP contribution in [0.15, 0.2) is 42.5 Å². The Morgan fingerprint density at radius 2 is 1.73 bits per heavy atom. The molecule has 0 bridgehead atoms. The Bertz CT molecular complexity index is 468. The Labute approximate surface area is 91.7 Å². The van der Waals surface area contributed by atoms with Crippen molar-refractivity contribution in [2.45, 2.75) is 0 Å². The molecule has 0 aliphatic carbocycles. The van der Waals surface area contributed by atoms with E-state index in [0.29, 0.717) is 11.3 Å². The van der Waals surface area contributed by atoms with Gasteiger partial charge in [-0.25, -0.2) is 0 Å². The third-order valence-corrected chi connectivity index (χ3v) is 2.10. The predicted octanol–water partition coefficient (Wildman–Crippen LogP) is 2.36. The SMILES string of the molecule is O=C(c1ccccc1)c1ccc(Cl)nn1. The average molecular weight is 219 g/mol. The van der Waals surface area contributed by atoms with Gasteiger partial charge in [0, 0.05) is 5.56 Å². The quantitative estimate of drug-likeness (QED) is 0.727. The van der Waals surface area contributed by atoms with Gasteiger partial charge in [0.15, 0.2) is 5.15 Å². The number of nitrogens with zero attached hydrogens (tertiary/aromatic N) is 2. The van der Waals surface area contributed by atoms with Crippen LogP contribution in [-0.2, 0) is 0 Å². The van der Waals surface area contributed by atoms with Crippen molar-refractivity contribution in [1.29, 1.82) is 0 Å². The largest absolute Gasteiger partial charge is 0.287 e. The second-order valence-corrected chi connectivity index (χ2v) is 3.32. The number of ketones is 1. The van der Waals surface area contributed by atoms with Crippen molar-refractivity contribution in [2.24, 2.45) is 0 Å². The van der Waals surface area contributed by atoms with Crippen molar-refractivity contribution in [3.8, 4) is 0 Å². The van der Waals surface area contributed by atoms with E-state index in [1.165, 1.54) is 0 Å². The summed E-state index contributed by atoms with van der Waals surface area (Å²) in [5.74, 6) is -0.153. The van der Waals surface area contributed by atoms with Crippen LogP contribution in [0.2, 0.25) is 5.15 Å². The van der Waals surface area contributed by atoms with Crippen LogP contribution in [0.1, 0.15) is 16.1 Å². The third-order valence-electron chi connectivity index (χ3n) is 1.90. The molecule has 0 fully saturated rings. The first kappa shape index (κ1) is 9.80. The lowest BCUT2D eigenvalue weighted by Crippen LogP contribution is -2.04. The van der Waals surface area contributed by atoms with Crippen molar-refractivity contribution in [3.05, 3.63) is 58.9 Å². The summed E-state index contributed by atoms with van der Waals surface area (Å²) in [5.41, 5.74) is 0.889. The number of halogens is 1. The topological polar surface area (TPSA) is 42.9 Å². The minimum atomic E-state index is -0.153. The average Bonchev–Trinajstić information content (AvgIpc) is 2.30. The van der Waals surface area contributed by atoms with E-state index in [0.717, 1.165) is 0 Å². The molecule has 15 heavy (non-hydrogen) atoms. The first-order valence-electron chi connectivity index (χ1n) is 4.36. The third kappa shape index (κ3) is 2.19. The highest BCUT2D eigenvalue weighted by Crippen LogP contribution is 2.08. The lowest BCUT2D eigenvalue weighted by atomic mass is 10.1. The van der Waals surface area contributed by atoms with E-state index < -0.39 is 0 Å². The summed E-state index contributed by atoms with van der Waals surface area (Å²) >= 11 is 5.58. The summed E-state index contributed by atoms with van der Waals surface area (Å²) in [6.45, 7) is 0. The molecule has 1 heterocycles. The molecule has 1 aromatic heterocycles. The van der Waals surface area contributed by atoms with Crippen LogP contribution in [0.4, 0.5) is 0 Å². The Morgan fingerprint density at radius 1 is 1.00 bits per heavy atom. The molecule has 0 radical (unpaired) electrons. The van der Waals surface area contributed by atoms with Gasteiger partial charge in [-0.15, -0.1) is 10.2 Å². The maximum atomic E-state index is 11.8. The molecule has 2 rings (SSSR count). The summed E-state index contributed by atoms with van der Waals surface area (Å²) in [6, 6.07) is 12.0. The lowest BCUT2D eigenvalue weighted by molar-refractivity contribution is 0.103. The number of benzene rings is 1. The molecule has 0 aliphatic heterocycles. The molecule has 0 unspecified atom stereocenters. The van der Waals surface area contributed by atoms with Gasteiger partial charge in [0.1, 0.15) is 5.69 Å². The van der Waals surface area contributed by atoms with Crippen molar-refractivity contribution in [3.63, 3.8) is 0 Å². The van der Waals surface area contributed by atoms with Crippen LogP contribution in [0.5, 0.6) is 0 Å². The summed E-state index contributed by atoms with van der Waals surface area (Å²) in [7, 11) is 0. The molecular weight excluding hydrogens is 212 g/mol. The van der Waals surface area contributed by atoms with E-state index in [9.17, 15) is 4.79 Å². The minimum absolute atomic E-state index is 0.153. The van der Waals surface area contributed by atoms with E-state index >= 15 is 0 Å². The maximum Gasteiger partial charge on any atom is 0.213 e. The van der Waals surface area contributed by atoms with Crippen molar-refractivity contribution in [2.75, 3.05) is 0 Å². The highest BCUT2D eigenvalue weighted by atomic mass is 35.5. The van der Waals surface area contributed by atoms with E-state index in [4.69, 9.17) is 11.6 Å². The number of carbonyl (C=O) groups is 1. The Morgan fingerprint density at radius 3 is 2.33 bits per heavy atom. The summed E-state index contributed by atoms with van der Waals surface area (Å²) in [5, 5.41) is 7.62. The Hall–Kier alpha value is -1.74. The van der Waals surface area contributed by atoms with Gasteiger partial charge in [-0.05, 0) is 12.1 Å². The van der Waals surface area contributed by atoms with Crippen LogP contribution < -0.4 is 0 Å². The smallest absolute Gasteiger partial charge is 0.213 e. The zero-order valence-corrected chi connectivity index (χ0v) is 8.48. The normalized spacial score (nSPS) is 9.93. The number of hydrogen-bond donors (Lipinski definition) is 0. The molecular formula is C11H7ClN2O. The van der Waals surface area contributed by atoms with Gasteiger partial charge in [0.2, 0.25) is 5.78 Å². The molecule has 3 nitrogen and oxygen atoms in total.